The lowest BCUT2D eigenvalue weighted by Gasteiger charge is -1.98. The number of imidazole rings is 1. The summed E-state index contributed by atoms with van der Waals surface area (Å²) in [4.78, 5) is 0.748. The molecular weight excluding hydrogens is 176 g/mol. The Balaban J connectivity index is 2.60. The zero-order valence-electron chi connectivity index (χ0n) is 6.04. The van der Waals surface area contributed by atoms with E-state index in [1.807, 2.05) is 11.4 Å². The third-order valence-electron chi connectivity index (χ3n) is 1.51. The van der Waals surface area contributed by atoms with Crippen molar-refractivity contribution in [1.82, 2.24) is 4.73 Å². The van der Waals surface area contributed by atoms with Crippen molar-refractivity contribution in [2.45, 2.75) is 0 Å². The fraction of sp³-hybridized carbons (Fsp3) is 0. The van der Waals surface area contributed by atoms with E-state index in [2.05, 4.69) is 0 Å². The highest BCUT2D eigenvalue weighted by molar-refractivity contribution is 7.13. The summed E-state index contributed by atoms with van der Waals surface area (Å²) in [6.45, 7) is 0. The minimum atomic E-state index is 0.255. The van der Waals surface area contributed by atoms with E-state index in [4.69, 9.17) is 0 Å². The fourth-order valence-electron chi connectivity index (χ4n) is 0.993. The maximum Gasteiger partial charge on any atom is 0.341 e. The van der Waals surface area contributed by atoms with Crippen LogP contribution < -0.4 is 4.73 Å². The van der Waals surface area contributed by atoms with Crippen LogP contribution in [0.4, 0.5) is 0 Å². The third kappa shape index (κ3) is 0.947. The second kappa shape index (κ2) is 2.53. The molecule has 2 aromatic rings. The van der Waals surface area contributed by atoms with Crippen LogP contribution in [-0.4, -0.2) is 9.94 Å². The lowest BCUT2D eigenvalue weighted by atomic mass is 10.4. The molecule has 2 aromatic heterocycles. The smallest absolute Gasteiger partial charge is 0.341 e. The Morgan fingerprint density at radius 1 is 1.58 bits per heavy atom. The van der Waals surface area contributed by atoms with Crippen LogP contribution in [0.15, 0.2) is 29.9 Å². The van der Waals surface area contributed by atoms with Crippen molar-refractivity contribution in [1.29, 1.82) is 0 Å². The highest BCUT2D eigenvalue weighted by atomic mass is 32.1. The SMILES string of the molecule is [O-][n+]1ccn(O)c1-c1cccs1. The van der Waals surface area contributed by atoms with Crippen molar-refractivity contribution in [3.8, 4) is 10.7 Å². The number of aromatic nitrogens is 2. The Morgan fingerprint density at radius 2 is 2.42 bits per heavy atom. The minimum absolute atomic E-state index is 0.255. The van der Waals surface area contributed by atoms with E-state index >= 15 is 0 Å². The van der Waals surface area contributed by atoms with Gasteiger partial charge in [0.2, 0.25) is 0 Å². The molecule has 0 unspecified atom stereocenters. The van der Waals surface area contributed by atoms with Crippen LogP contribution in [0.1, 0.15) is 0 Å². The van der Waals surface area contributed by atoms with Crippen molar-refractivity contribution >= 4 is 11.3 Å². The molecule has 0 saturated carbocycles. The average Bonchev–Trinajstić information content (AvgIpc) is 2.61. The van der Waals surface area contributed by atoms with Gasteiger partial charge in [-0.05, 0) is 16.2 Å². The molecule has 5 heteroatoms. The monoisotopic (exact) mass is 182 g/mol. The van der Waals surface area contributed by atoms with Gasteiger partial charge >= 0.3 is 5.82 Å². The number of nitrogens with zero attached hydrogens (tertiary/aromatic N) is 2. The first-order valence-corrected chi connectivity index (χ1v) is 4.20. The second-order valence-electron chi connectivity index (χ2n) is 2.27. The number of thiophene rings is 1. The van der Waals surface area contributed by atoms with Crippen molar-refractivity contribution in [2.75, 3.05) is 0 Å². The quantitative estimate of drug-likeness (QED) is 0.407. The zero-order chi connectivity index (χ0) is 8.55. The molecule has 0 radical (unpaired) electrons. The topological polar surface area (TPSA) is 52.1 Å². The Labute approximate surface area is 72.5 Å². The van der Waals surface area contributed by atoms with Crippen LogP contribution in [0.25, 0.3) is 10.7 Å². The summed E-state index contributed by atoms with van der Waals surface area (Å²) in [5.74, 6) is 0.255. The largest absolute Gasteiger partial charge is 0.710 e. The van der Waals surface area contributed by atoms with Gasteiger partial charge in [0, 0.05) is 0 Å². The molecule has 0 aromatic carbocycles. The Hall–Kier alpha value is -1.49. The second-order valence-corrected chi connectivity index (χ2v) is 3.22. The van der Waals surface area contributed by atoms with Crippen molar-refractivity contribution in [3.63, 3.8) is 0 Å². The number of hydrogen-bond donors (Lipinski definition) is 1. The summed E-state index contributed by atoms with van der Waals surface area (Å²) < 4.78 is 1.45. The van der Waals surface area contributed by atoms with E-state index in [0.29, 0.717) is 4.73 Å². The Kier molecular flexibility index (Phi) is 1.51. The van der Waals surface area contributed by atoms with Gasteiger partial charge in [0.25, 0.3) is 0 Å². The van der Waals surface area contributed by atoms with E-state index in [-0.39, 0.29) is 5.82 Å². The molecular formula is C7H6N2O2S. The van der Waals surface area contributed by atoms with Gasteiger partial charge in [-0.25, -0.2) is 4.73 Å². The van der Waals surface area contributed by atoms with E-state index < -0.39 is 0 Å². The van der Waals surface area contributed by atoms with E-state index in [0.717, 1.165) is 9.61 Å². The normalized spacial score (nSPS) is 10.3. The van der Waals surface area contributed by atoms with E-state index in [1.54, 1.807) is 6.07 Å². The lowest BCUT2D eigenvalue weighted by Crippen LogP contribution is -2.26. The maximum absolute atomic E-state index is 11.1. The number of rotatable bonds is 1. The van der Waals surface area contributed by atoms with Crippen LogP contribution in [-0.2, 0) is 0 Å². The molecule has 1 N–H and O–H groups in total. The molecule has 0 bridgehead atoms. The van der Waals surface area contributed by atoms with Crippen LogP contribution in [0.3, 0.4) is 0 Å². The van der Waals surface area contributed by atoms with Gasteiger partial charge in [0.1, 0.15) is 11.1 Å². The summed E-state index contributed by atoms with van der Waals surface area (Å²) in [5, 5.41) is 22.1. The first-order chi connectivity index (χ1) is 5.79. The van der Waals surface area contributed by atoms with Gasteiger partial charge < -0.3 is 10.4 Å². The van der Waals surface area contributed by atoms with Crippen molar-refractivity contribution < 1.29 is 9.94 Å². The summed E-state index contributed by atoms with van der Waals surface area (Å²) in [6.07, 6.45) is 2.57. The molecule has 0 saturated heterocycles. The molecule has 0 aliphatic rings. The van der Waals surface area contributed by atoms with Crippen LogP contribution >= 0.6 is 11.3 Å². The molecule has 2 rings (SSSR count). The van der Waals surface area contributed by atoms with Crippen LogP contribution in [0.2, 0.25) is 0 Å². The average molecular weight is 182 g/mol. The predicted molar refractivity (Wildman–Crippen MR) is 43.9 cm³/mol. The molecule has 62 valence electrons. The van der Waals surface area contributed by atoms with Gasteiger partial charge in [-0.2, -0.15) is 0 Å². The maximum atomic E-state index is 11.1. The predicted octanol–water partition coefficient (Wildman–Crippen LogP) is 1.09. The molecule has 0 fully saturated rings. The Bertz CT molecular complexity index is 361. The summed E-state index contributed by atoms with van der Waals surface area (Å²) in [7, 11) is 0. The van der Waals surface area contributed by atoms with E-state index in [1.165, 1.54) is 23.7 Å². The van der Waals surface area contributed by atoms with Crippen molar-refractivity contribution in [3.05, 3.63) is 35.1 Å². The number of hydrogen-bond acceptors (Lipinski definition) is 3. The van der Waals surface area contributed by atoms with Gasteiger partial charge in [-0.3, -0.25) is 0 Å². The summed E-state index contributed by atoms with van der Waals surface area (Å²) in [6, 6.07) is 3.61. The third-order valence-corrected chi connectivity index (χ3v) is 2.38. The van der Waals surface area contributed by atoms with Gasteiger partial charge in [0.05, 0.1) is 0 Å². The highest BCUT2D eigenvalue weighted by Crippen LogP contribution is 2.20. The molecule has 0 amide bonds. The molecule has 12 heavy (non-hydrogen) atoms. The molecule has 4 nitrogen and oxygen atoms in total. The molecule has 0 aliphatic heterocycles. The van der Waals surface area contributed by atoms with Crippen LogP contribution in [0, 0.1) is 5.21 Å². The van der Waals surface area contributed by atoms with Gasteiger partial charge in [0.15, 0.2) is 6.20 Å². The Morgan fingerprint density at radius 3 is 2.92 bits per heavy atom. The van der Waals surface area contributed by atoms with Crippen LogP contribution in [0.5, 0.6) is 0 Å². The van der Waals surface area contributed by atoms with Gasteiger partial charge in [-0.1, -0.05) is 6.07 Å². The lowest BCUT2D eigenvalue weighted by molar-refractivity contribution is -0.593. The minimum Gasteiger partial charge on any atom is -0.710 e. The van der Waals surface area contributed by atoms with Gasteiger partial charge in [-0.15, -0.1) is 11.3 Å². The zero-order valence-corrected chi connectivity index (χ0v) is 6.86. The molecule has 0 spiro atoms. The highest BCUT2D eigenvalue weighted by Gasteiger charge is 2.15. The molecule has 0 aliphatic carbocycles. The first kappa shape index (κ1) is 7.17. The summed E-state index contributed by atoms with van der Waals surface area (Å²) >= 11 is 1.41. The standard InChI is InChI=1S/C7H6N2O2S/c10-8-3-4-9(11)7(8)6-2-1-5-12-6/h1-5,10H. The summed E-state index contributed by atoms with van der Waals surface area (Å²) in [5.41, 5.74) is 0. The molecule has 2 heterocycles. The molecule has 0 atom stereocenters. The van der Waals surface area contributed by atoms with Crippen molar-refractivity contribution in [2.24, 2.45) is 0 Å². The van der Waals surface area contributed by atoms with E-state index in [9.17, 15) is 10.4 Å². The fourth-order valence-corrected chi connectivity index (χ4v) is 1.74. The first-order valence-electron chi connectivity index (χ1n) is 3.32.